The highest BCUT2D eigenvalue weighted by Crippen LogP contribution is 2.25. The van der Waals surface area contributed by atoms with Crippen LogP contribution in [0, 0.1) is 5.41 Å². The van der Waals surface area contributed by atoms with Gasteiger partial charge in [0.2, 0.25) is 10.0 Å². The largest absolute Gasteiger partial charge is 0.341 e. The zero-order valence-corrected chi connectivity index (χ0v) is 14.8. The lowest BCUT2D eigenvalue weighted by Crippen LogP contribution is -2.39. The van der Waals surface area contributed by atoms with Crippen LogP contribution < -0.4 is 10.0 Å². The van der Waals surface area contributed by atoms with E-state index in [-0.39, 0.29) is 17.1 Å². The summed E-state index contributed by atoms with van der Waals surface area (Å²) in [7, 11) is -1.51. The Hall–Kier alpha value is -1.60. The molecular weight excluding hydrogens is 314 g/mol. The molecule has 128 valence electrons. The van der Waals surface area contributed by atoms with Crippen LogP contribution in [0.2, 0.25) is 0 Å². The van der Waals surface area contributed by atoms with Gasteiger partial charge in [-0.1, -0.05) is 19.9 Å². The second kappa shape index (κ2) is 6.49. The van der Waals surface area contributed by atoms with Crippen molar-refractivity contribution < 1.29 is 13.2 Å². The normalized spacial score (nSPS) is 17.3. The van der Waals surface area contributed by atoms with E-state index in [0.29, 0.717) is 37.3 Å². The lowest BCUT2D eigenvalue weighted by molar-refractivity contribution is 0.0740. The van der Waals surface area contributed by atoms with Crippen LogP contribution in [-0.2, 0) is 10.0 Å². The molecule has 6 nitrogen and oxygen atoms in total. The Balaban J connectivity index is 2.21. The number of carbonyl (C=O) groups is 1. The van der Waals surface area contributed by atoms with Crippen molar-refractivity contribution in [2.24, 2.45) is 11.1 Å². The molecule has 1 fully saturated rings. The van der Waals surface area contributed by atoms with Gasteiger partial charge in [-0.05, 0) is 36.6 Å². The molecule has 1 amide bonds. The van der Waals surface area contributed by atoms with Gasteiger partial charge in [-0.3, -0.25) is 9.10 Å². The highest BCUT2D eigenvalue weighted by atomic mass is 32.2. The van der Waals surface area contributed by atoms with Crippen LogP contribution >= 0.6 is 0 Å². The lowest BCUT2D eigenvalue weighted by atomic mass is 9.93. The van der Waals surface area contributed by atoms with Crippen molar-refractivity contribution in [2.45, 2.75) is 20.3 Å². The highest BCUT2D eigenvalue weighted by molar-refractivity contribution is 7.93. The number of carbonyl (C=O) groups excluding carboxylic acids is 1. The van der Waals surface area contributed by atoms with E-state index < -0.39 is 10.0 Å². The van der Waals surface area contributed by atoms with E-state index in [0.717, 1.165) is 0 Å². The fraction of sp³-hybridized carbons (Fsp3) is 0.562. The van der Waals surface area contributed by atoms with Gasteiger partial charge in [0.05, 0.1) is 11.4 Å². The van der Waals surface area contributed by atoms with Crippen LogP contribution in [0.5, 0.6) is 0 Å². The molecular formula is C16H25N3O3S. The van der Waals surface area contributed by atoms with Crippen molar-refractivity contribution >= 4 is 21.6 Å². The Labute approximate surface area is 138 Å². The molecule has 1 saturated heterocycles. The summed E-state index contributed by atoms with van der Waals surface area (Å²) in [5.41, 5.74) is 6.59. The second-order valence-corrected chi connectivity index (χ2v) is 8.83. The molecule has 7 heteroatoms. The summed E-state index contributed by atoms with van der Waals surface area (Å²) < 4.78 is 25.4. The first-order valence-electron chi connectivity index (χ1n) is 7.72. The quantitative estimate of drug-likeness (QED) is 0.876. The summed E-state index contributed by atoms with van der Waals surface area (Å²) in [5, 5.41) is 0. The molecule has 0 aliphatic carbocycles. The van der Waals surface area contributed by atoms with E-state index in [2.05, 4.69) is 0 Å². The Morgan fingerprint density at radius 2 is 2.09 bits per heavy atom. The van der Waals surface area contributed by atoms with Crippen LogP contribution in [0.1, 0.15) is 30.6 Å². The summed E-state index contributed by atoms with van der Waals surface area (Å²) >= 11 is 0. The van der Waals surface area contributed by atoms with Crippen molar-refractivity contribution in [1.29, 1.82) is 0 Å². The lowest BCUT2D eigenvalue weighted by Gasteiger charge is -2.29. The smallest absolute Gasteiger partial charge is 0.253 e. The maximum absolute atomic E-state index is 12.6. The first-order valence-corrected chi connectivity index (χ1v) is 9.33. The predicted octanol–water partition coefficient (Wildman–Crippen LogP) is 1.28. The van der Waals surface area contributed by atoms with Gasteiger partial charge in [-0.2, -0.15) is 0 Å². The molecule has 1 aromatic rings. The molecule has 1 aliphatic heterocycles. The van der Waals surface area contributed by atoms with Crippen LogP contribution in [0.3, 0.4) is 0 Å². The molecule has 0 unspecified atom stereocenters. The zero-order chi connectivity index (χ0) is 17.3. The summed E-state index contributed by atoms with van der Waals surface area (Å²) in [5.74, 6) is 0.0282. The molecule has 23 heavy (non-hydrogen) atoms. The number of amides is 1. The zero-order valence-electron chi connectivity index (χ0n) is 13.9. The monoisotopic (exact) mass is 339 g/mol. The third kappa shape index (κ3) is 4.03. The van der Waals surface area contributed by atoms with Crippen LogP contribution in [0.25, 0.3) is 0 Å². The summed E-state index contributed by atoms with van der Waals surface area (Å²) in [4.78, 5) is 14.2. The number of hydrogen-bond acceptors (Lipinski definition) is 4. The van der Waals surface area contributed by atoms with Gasteiger partial charge in [-0.25, -0.2) is 8.42 Å². The van der Waals surface area contributed by atoms with Gasteiger partial charge in [0.25, 0.3) is 5.91 Å². The first kappa shape index (κ1) is 17.7. The maximum atomic E-state index is 12.6. The molecule has 0 aromatic heterocycles. The van der Waals surface area contributed by atoms with Gasteiger partial charge in [0.1, 0.15) is 0 Å². The SMILES string of the molecule is CN(CC(C)(C)CN)C(=O)c1cccc(N2CCCS2(=O)=O)c1. The number of rotatable bonds is 5. The van der Waals surface area contributed by atoms with Gasteiger partial charge in [-0.15, -0.1) is 0 Å². The van der Waals surface area contributed by atoms with Gasteiger partial charge < -0.3 is 10.6 Å². The summed E-state index contributed by atoms with van der Waals surface area (Å²) in [6.07, 6.45) is 0.616. The summed E-state index contributed by atoms with van der Waals surface area (Å²) in [6.45, 7) is 5.50. The van der Waals surface area contributed by atoms with Gasteiger partial charge >= 0.3 is 0 Å². The molecule has 2 rings (SSSR count). The number of nitrogens with zero attached hydrogens (tertiary/aromatic N) is 2. The third-order valence-corrected chi connectivity index (χ3v) is 5.91. The highest BCUT2D eigenvalue weighted by Gasteiger charge is 2.29. The standard InChI is InChI=1S/C16H25N3O3S/c1-16(2,11-17)12-18(3)15(20)13-6-4-7-14(10-13)19-8-5-9-23(19,21)22/h4,6-7,10H,5,8-9,11-12,17H2,1-3H3. The minimum absolute atomic E-state index is 0.134. The number of sulfonamides is 1. The van der Waals surface area contributed by atoms with E-state index in [9.17, 15) is 13.2 Å². The number of hydrogen-bond donors (Lipinski definition) is 1. The van der Waals surface area contributed by atoms with Crippen LogP contribution in [0.15, 0.2) is 24.3 Å². The topological polar surface area (TPSA) is 83.7 Å². The van der Waals surface area contributed by atoms with Crippen LogP contribution in [-0.4, -0.2) is 51.7 Å². The van der Waals surface area contributed by atoms with Crippen molar-refractivity contribution in [3.63, 3.8) is 0 Å². The van der Waals surface area contributed by atoms with Crippen molar-refractivity contribution in [3.05, 3.63) is 29.8 Å². The average molecular weight is 339 g/mol. The fourth-order valence-electron chi connectivity index (χ4n) is 2.72. The number of benzene rings is 1. The Bertz CT molecular complexity index is 686. The van der Waals surface area contributed by atoms with E-state index >= 15 is 0 Å². The molecule has 1 aromatic carbocycles. The van der Waals surface area contributed by atoms with Crippen molar-refractivity contribution in [3.8, 4) is 0 Å². The van der Waals surface area contributed by atoms with E-state index in [1.807, 2.05) is 13.8 Å². The number of nitrogens with two attached hydrogens (primary N) is 1. The predicted molar refractivity (Wildman–Crippen MR) is 92.0 cm³/mol. The minimum Gasteiger partial charge on any atom is -0.341 e. The minimum atomic E-state index is -3.24. The average Bonchev–Trinajstić information content (AvgIpc) is 2.85. The maximum Gasteiger partial charge on any atom is 0.253 e. The first-order chi connectivity index (χ1) is 10.7. The van der Waals surface area contributed by atoms with Gasteiger partial charge in [0, 0.05) is 25.7 Å². The van der Waals surface area contributed by atoms with E-state index in [1.165, 1.54) is 4.31 Å². The van der Waals surface area contributed by atoms with Crippen molar-refractivity contribution in [1.82, 2.24) is 4.90 Å². The third-order valence-electron chi connectivity index (χ3n) is 4.04. The Morgan fingerprint density at radius 3 is 2.65 bits per heavy atom. The Morgan fingerprint density at radius 1 is 1.39 bits per heavy atom. The van der Waals surface area contributed by atoms with E-state index in [1.54, 1.807) is 36.2 Å². The fourth-order valence-corrected chi connectivity index (χ4v) is 4.28. The van der Waals surface area contributed by atoms with Gasteiger partial charge in [0.15, 0.2) is 0 Å². The summed E-state index contributed by atoms with van der Waals surface area (Å²) in [6, 6.07) is 6.80. The molecule has 1 aliphatic rings. The second-order valence-electron chi connectivity index (χ2n) is 6.82. The molecule has 2 N–H and O–H groups in total. The van der Waals surface area contributed by atoms with Crippen molar-refractivity contribution in [2.75, 3.05) is 36.7 Å². The molecule has 0 radical (unpaired) electrons. The van der Waals surface area contributed by atoms with Crippen LogP contribution in [0.4, 0.5) is 5.69 Å². The Kier molecular flexibility index (Phi) is 5.01. The molecule has 0 spiro atoms. The molecule has 1 heterocycles. The molecule has 0 saturated carbocycles. The number of anilines is 1. The van der Waals surface area contributed by atoms with E-state index in [4.69, 9.17) is 5.73 Å². The molecule has 0 atom stereocenters. The molecule has 0 bridgehead atoms.